The second-order valence-corrected chi connectivity index (χ2v) is 5.86. The van der Waals surface area contributed by atoms with Crippen molar-refractivity contribution in [2.24, 2.45) is 0 Å². The van der Waals surface area contributed by atoms with E-state index in [-0.39, 0.29) is 5.97 Å². The molecule has 0 heterocycles. The summed E-state index contributed by atoms with van der Waals surface area (Å²) in [5.41, 5.74) is 2.20. The Morgan fingerprint density at radius 3 is 2.24 bits per heavy atom. The maximum atomic E-state index is 11.9. The zero-order valence-corrected chi connectivity index (χ0v) is 15.0. The van der Waals surface area contributed by atoms with Gasteiger partial charge >= 0.3 is 5.97 Å². The van der Waals surface area contributed by atoms with E-state index < -0.39 is 0 Å². The summed E-state index contributed by atoms with van der Waals surface area (Å²) in [6, 6.07) is 15.3. The molecule has 0 aliphatic heterocycles. The fraction of sp³-hybridized carbons (Fsp3) is 0.318. The van der Waals surface area contributed by atoms with Crippen LogP contribution in [0.1, 0.15) is 44.2 Å². The number of carbonyl (C=O) groups is 1. The van der Waals surface area contributed by atoms with Crippen LogP contribution in [0.25, 0.3) is 6.08 Å². The predicted molar refractivity (Wildman–Crippen MR) is 102 cm³/mol. The summed E-state index contributed by atoms with van der Waals surface area (Å²) < 4.78 is 10.7. The van der Waals surface area contributed by atoms with Crippen molar-refractivity contribution in [3.05, 3.63) is 65.7 Å². The minimum Gasteiger partial charge on any atom is -0.494 e. The highest BCUT2D eigenvalue weighted by molar-refractivity contribution is 5.88. The van der Waals surface area contributed by atoms with Gasteiger partial charge in [-0.2, -0.15) is 0 Å². The normalized spacial score (nSPS) is 10.8. The smallest absolute Gasteiger partial charge is 0.336 e. The lowest BCUT2D eigenvalue weighted by Crippen LogP contribution is -2.03. The van der Waals surface area contributed by atoms with Crippen molar-refractivity contribution in [2.75, 3.05) is 6.61 Å². The molecule has 0 aromatic heterocycles. The molecule has 0 aliphatic rings. The van der Waals surface area contributed by atoms with Crippen LogP contribution in [0.15, 0.2) is 54.6 Å². The van der Waals surface area contributed by atoms with Gasteiger partial charge in [-0.3, -0.25) is 0 Å². The first kappa shape index (κ1) is 18.8. The highest BCUT2D eigenvalue weighted by atomic mass is 16.5. The Balaban J connectivity index is 1.84. The van der Waals surface area contributed by atoms with Gasteiger partial charge in [0.05, 0.1) is 6.61 Å². The number of benzene rings is 2. The molecule has 2 rings (SSSR count). The van der Waals surface area contributed by atoms with Gasteiger partial charge in [0.25, 0.3) is 0 Å². The average molecular weight is 338 g/mol. The van der Waals surface area contributed by atoms with Crippen LogP contribution >= 0.6 is 0 Å². The van der Waals surface area contributed by atoms with Gasteiger partial charge < -0.3 is 9.47 Å². The lowest BCUT2D eigenvalue weighted by atomic mass is 10.1. The Labute approximate surface area is 150 Å². The Hall–Kier alpha value is -2.55. The van der Waals surface area contributed by atoms with Crippen LogP contribution < -0.4 is 9.47 Å². The molecule has 2 aromatic rings. The third-order valence-corrected chi connectivity index (χ3v) is 3.81. The monoisotopic (exact) mass is 338 g/mol. The Morgan fingerprint density at radius 1 is 0.920 bits per heavy atom. The standard InChI is InChI=1S/C22H26O3/c1-3-5-6-7-18-10-15-21(16-11-18)25-22(23)17-12-19-8-13-20(14-9-19)24-4-2/h8-17H,3-7H2,1-2H3. The summed E-state index contributed by atoms with van der Waals surface area (Å²) in [7, 11) is 0. The second kappa shape index (κ2) is 10.3. The predicted octanol–water partition coefficient (Wildman–Crippen LogP) is 5.44. The number of hydrogen-bond donors (Lipinski definition) is 0. The molecular weight excluding hydrogens is 312 g/mol. The SMILES string of the molecule is CCCCCc1ccc(OC(=O)C=Cc2ccc(OCC)cc2)cc1. The summed E-state index contributed by atoms with van der Waals surface area (Å²) in [6.45, 7) is 4.78. The van der Waals surface area contributed by atoms with E-state index in [1.807, 2.05) is 55.5 Å². The van der Waals surface area contributed by atoms with E-state index in [9.17, 15) is 4.79 Å². The number of aryl methyl sites for hydroxylation is 1. The van der Waals surface area contributed by atoms with Crippen LogP contribution in [0.3, 0.4) is 0 Å². The maximum Gasteiger partial charge on any atom is 0.336 e. The van der Waals surface area contributed by atoms with E-state index in [0.29, 0.717) is 12.4 Å². The first-order valence-electron chi connectivity index (χ1n) is 8.93. The van der Waals surface area contributed by atoms with Crippen molar-refractivity contribution in [2.45, 2.75) is 39.5 Å². The molecule has 0 saturated heterocycles. The topological polar surface area (TPSA) is 35.5 Å². The van der Waals surface area contributed by atoms with E-state index in [1.165, 1.54) is 30.9 Å². The molecule has 0 bridgehead atoms. The van der Waals surface area contributed by atoms with Crippen molar-refractivity contribution in [3.63, 3.8) is 0 Å². The van der Waals surface area contributed by atoms with E-state index in [2.05, 4.69) is 6.92 Å². The maximum absolute atomic E-state index is 11.9. The van der Waals surface area contributed by atoms with Crippen molar-refractivity contribution >= 4 is 12.0 Å². The van der Waals surface area contributed by atoms with Crippen molar-refractivity contribution in [1.82, 2.24) is 0 Å². The van der Waals surface area contributed by atoms with E-state index in [0.717, 1.165) is 17.7 Å². The highest BCUT2D eigenvalue weighted by Crippen LogP contribution is 2.16. The third kappa shape index (κ3) is 6.84. The molecule has 0 saturated carbocycles. The molecule has 132 valence electrons. The van der Waals surface area contributed by atoms with E-state index in [1.54, 1.807) is 6.08 Å². The zero-order chi connectivity index (χ0) is 17.9. The average Bonchev–Trinajstić information content (AvgIpc) is 2.63. The molecule has 3 nitrogen and oxygen atoms in total. The fourth-order valence-corrected chi connectivity index (χ4v) is 2.46. The van der Waals surface area contributed by atoms with Crippen LogP contribution in [0, 0.1) is 0 Å². The third-order valence-electron chi connectivity index (χ3n) is 3.81. The molecular formula is C22H26O3. The molecule has 0 aliphatic carbocycles. The van der Waals surface area contributed by atoms with Gasteiger partial charge in [0, 0.05) is 6.08 Å². The fourth-order valence-electron chi connectivity index (χ4n) is 2.46. The quantitative estimate of drug-likeness (QED) is 0.264. The Bertz CT molecular complexity index is 669. The molecule has 0 amide bonds. The zero-order valence-electron chi connectivity index (χ0n) is 15.0. The molecule has 0 radical (unpaired) electrons. The van der Waals surface area contributed by atoms with Crippen LogP contribution in [-0.2, 0) is 11.2 Å². The number of esters is 1. The van der Waals surface area contributed by atoms with Gasteiger partial charge in [-0.15, -0.1) is 0 Å². The minimum atomic E-state index is -0.382. The number of hydrogen-bond acceptors (Lipinski definition) is 3. The number of rotatable bonds is 9. The molecule has 0 fully saturated rings. The highest BCUT2D eigenvalue weighted by Gasteiger charge is 2.01. The van der Waals surface area contributed by atoms with E-state index >= 15 is 0 Å². The summed E-state index contributed by atoms with van der Waals surface area (Å²) >= 11 is 0. The molecule has 0 atom stereocenters. The summed E-state index contributed by atoms with van der Waals surface area (Å²) in [5.74, 6) is 1.01. The summed E-state index contributed by atoms with van der Waals surface area (Å²) in [5, 5.41) is 0. The first-order chi connectivity index (χ1) is 12.2. The molecule has 25 heavy (non-hydrogen) atoms. The van der Waals surface area contributed by atoms with Crippen molar-refractivity contribution < 1.29 is 14.3 Å². The van der Waals surface area contributed by atoms with Gasteiger partial charge in [-0.05, 0) is 61.2 Å². The molecule has 0 N–H and O–H groups in total. The number of carbonyl (C=O) groups excluding carboxylic acids is 1. The van der Waals surface area contributed by atoms with Gasteiger partial charge in [0.2, 0.25) is 0 Å². The van der Waals surface area contributed by atoms with Crippen LogP contribution in [0.5, 0.6) is 11.5 Å². The van der Waals surface area contributed by atoms with Crippen LogP contribution in [-0.4, -0.2) is 12.6 Å². The second-order valence-electron chi connectivity index (χ2n) is 5.86. The number of unbranched alkanes of at least 4 members (excludes halogenated alkanes) is 2. The first-order valence-corrected chi connectivity index (χ1v) is 8.93. The summed E-state index contributed by atoms with van der Waals surface area (Å²) in [4.78, 5) is 11.9. The minimum absolute atomic E-state index is 0.382. The summed E-state index contributed by atoms with van der Waals surface area (Å²) in [6.07, 6.45) is 7.89. The Kier molecular flexibility index (Phi) is 7.77. The van der Waals surface area contributed by atoms with Crippen molar-refractivity contribution in [1.29, 1.82) is 0 Å². The largest absolute Gasteiger partial charge is 0.494 e. The van der Waals surface area contributed by atoms with Gasteiger partial charge in [0.1, 0.15) is 11.5 Å². The number of ether oxygens (including phenoxy) is 2. The Morgan fingerprint density at radius 2 is 1.60 bits per heavy atom. The van der Waals surface area contributed by atoms with Crippen LogP contribution in [0.4, 0.5) is 0 Å². The molecule has 2 aromatic carbocycles. The van der Waals surface area contributed by atoms with E-state index in [4.69, 9.17) is 9.47 Å². The molecule has 0 unspecified atom stereocenters. The lowest BCUT2D eigenvalue weighted by molar-refractivity contribution is -0.128. The van der Waals surface area contributed by atoms with Gasteiger partial charge in [-0.1, -0.05) is 44.0 Å². The molecule has 0 spiro atoms. The molecule has 3 heteroatoms. The van der Waals surface area contributed by atoms with Crippen molar-refractivity contribution in [3.8, 4) is 11.5 Å². The van der Waals surface area contributed by atoms with Gasteiger partial charge in [0.15, 0.2) is 0 Å². The lowest BCUT2D eigenvalue weighted by Gasteiger charge is -2.04. The van der Waals surface area contributed by atoms with Gasteiger partial charge in [-0.25, -0.2) is 4.79 Å². The van der Waals surface area contributed by atoms with Crippen LogP contribution in [0.2, 0.25) is 0 Å².